The van der Waals surface area contributed by atoms with Crippen LogP contribution in [0.1, 0.15) is 25.7 Å². The summed E-state index contributed by atoms with van der Waals surface area (Å²) in [5.74, 6) is -3.33. The van der Waals surface area contributed by atoms with Crippen molar-refractivity contribution in [3.8, 4) is 0 Å². The highest BCUT2D eigenvalue weighted by Crippen LogP contribution is 2.33. The topological polar surface area (TPSA) is 128 Å². The standard InChI is InChI=1S/C16H22F2N4O6/c17-16(18,14(25)26)28-22-10-3-4-11(21(8-10)15(22)27)13(24)20-7-12(23)9-2-1-5-19-6-9/h9-11,19H,1-8H2,(H,20,24)(H,25,26)/t9-,10-,11+/m1/s1. The molecule has 28 heavy (non-hydrogen) atoms. The number of carboxylic acids is 1. The number of carbonyl (C=O) groups is 4. The summed E-state index contributed by atoms with van der Waals surface area (Å²) >= 11 is 0. The monoisotopic (exact) mass is 404 g/mol. The first-order valence-corrected chi connectivity index (χ1v) is 9.12. The van der Waals surface area contributed by atoms with Crippen molar-refractivity contribution in [1.82, 2.24) is 20.6 Å². The first kappa shape index (κ1) is 20.4. The number of nitrogens with zero attached hydrogens (tertiary/aromatic N) is 2. The first-order valence-electron chi connectivity index (χ1n) is 9.12. The molecule has 0 saturated carbocycles. The predicted octanol–water partition coefficient (Wildman–Crippen LogP) is -0.451. The molecule has 0 aromatic carbocycles. The Bertz CT molecular complexity index is 670. The van der Waals surface area contributed by atoms with Gasteiger partial charge < -0.3 is 20.6 Å². The maximum absolute atomic E-state index is 13.3. The Labute approximate surface area is 159 Å². The Kier molecular flexibility index (Phi) is 5.79. The Morgan fingerprint density at radius 2 is 2.04 bits per heavy atom. The van der Waals surface area contributed by atoms with Crippen molar-refractivity contribution in [1.29, 1.82) is 0 Å². The van der Waals surface area contributed by atoms with Crippen LogP contribution < -0.4 is 10.6 Å². The lowest BCUT2D eigenvalue weighted by molar-refractivity contribution is -0.327. The number of carbonyl (C=O) groups excluding carboxylic acids is 3. The average molecular weight is 404 g/mol. The third-order valence-electron chi connectivity index (χ3n) is 5.28. The van der Waals surface area contributed by atoms with Crippen LogP contribution >= 0.6 is 0 Å². The summed E-state index contributed by atoms with van der Waals surface area (Å²) in [4.78, 5) is 52.7. The van der Waals surface area contributed by atoms with Crippen LogP contribution in [0.25, 0.3) is 0 Å². The molecular formula is C16H22F2N4O6. The van der Waals surface area contributed by atoms with E-state index < -0.39 is 36.1 Å². The van der Waals surface area contributed by atoms with Gasteiger partial charge in [0, 0.05) is 19.0 Å². The number of ketones is 1. The molecule has 0 spiro atoms. The lowest BCUT2D eigenvalue weighted by Crippen LogP contribution is -2.51. The molecule has 3 saturated heterocycles. The van der Waals surface area contributed by atoms with Crippen molar-refractivity contribution in [3.05, 3.63) is 0 Å². The van der Waals surface area contributed by atoms with E-state index in [-0.39, 0.29) is 37.6 Å². The largest absolute Gasteiger partial charge is 0.476 e. The second-order valence-electron chi connectivity index (χ2n) is 7.15. The van der Waals surface area contributed by atoms with Gasteiger partial charge in [0.05, 0.1) is 12.6 Å². The van der Waals surface area contributed by atoms with E-state index in [0.717, 1.165) is 24.3 Å². The van der Waals surface area contributed by atoms with E-state index in [1.165, 1.54) is 0 Å². The fourth-order valence-electron chi connectivity index (χ4n) is 3.75. The van der Waals surface area contributed by atoms with E-state index >= 15 is 0 Å². The van der Waals surface area contributed by atoms with Gasteiger partial charge in [-0.3, -0.25) is 9.59 Å². The van der Waals surface area contributed by atoms with Gasteiger partial charge in [-0.05, 0) is 32.2 Å². The second kappa shape index (κ2) is 7.95. The molecule has 3 atom stereocenters. The Hall–Kier alpha value is -2.34. The zero-order valence-electron chi connectivity index (χ0n) is 15.0. The van der Waals surface area contributed by atoms with E-state index in [1.54, 1.807) is 0 Å². The molecule has 2 bridgehead atoms. The Morgan fingerprint density at radius 1 is 1.29 bits per heavy atom. The zero-order valence-corrected chi connectivity index (χ0v) is 15.0. The van der Waals surface area contributed by atoms with Crippen LogP contribution in [0.3, 0.4) is 0 Å². The summed E-state index contributed by atoms with van der Waals surface area (Å²) in [5.41, 5.74) is 0. The van der Waals surface area contributed by atoms with Gasteiger partial charge in [-0.1, -0.05) is 0 Å². The van der Waals surface area contributed by atoms with Crippen LogP contribution in [0.4, 0.5) is 13.6 Å². The highest BCUT2D eigenvalue weighted by molar-refractivity contribution is 5.92. The molecule has 3 N–H and O–H groups in total. The van der Waals surface area contributed by atoms with Gasteiger partial charge in [-0.25, -0.2) is 9.59 Å². The molecule has 0 unspecified atom stereocenters. The van der Waals surface area contributed by atoms with E-state index in [1.807, 2.05) is 0 Å². The summed E-state index contributed by atoms with van der Waals surface area (Å²) in [5, 5.41) is 14.4. The first-order chi connectivity index (χ1) is 13.2. The highest BCUT2D eigenvalue weighted by atomic mass is 19.3. The molecule has 3 rings (SSSR count). The lowest BCUT2D eigenvalue weighted by atomic mass is 9.95. The van der Waals surface area contributed by atoms with Gasteiger partial charge in [0.1, 0.15) is 6.04 Å². The third kappa shape index (κ3) is 4.07. The van der Waals surface area contributed by atoms with E-state index in [9.17, 15) is 28.0 Å². The fraction of sp³-hybridized carbons (Fsp3) is 0.750. The number of alkyl halides is 2. The van der Waals surface area contributed by atoms with Crippen LogP contribution in [0, 0.1) is 5.92 Å². The smallest absolute Gasteiger partial charge is 0.475 e. The summed E-state index contributed by atoms with van der Waals surface area (Å²) in [6.45, 7) is 1.22. The van der Waals surface area contributed by atoms with Gasteiger partial charge in [0.25, 0.3) is 0 Å². The van der Waals surface area contributed by atoms with Crippen LogP contribution in [0.15, 0.2) is 0 Å². The number of piperidine rings is 2. The average Bonchev–Trinajstić information content (AvgIpc) is 2.91. The molecule has 0 radical (unpaired) electrons. The number of halogens is 2. The van der Waals surface area contributed by atoms with E-state index in [2.05, 4.69) is 15.5 Å². The molecule has 0 aliphatic carbocycles. The molecule has 10 nitrogen and oxygen atoms in total. The summed E-state index contributed by atoms with van der Waals surface area (Å²) < 4.78 is 26.6. The number of urea groups is 1. The third-order valence-corrected chi connectivity index (χ3v) is 5.28. The molecule has 0 aromatic heterocycles. The molecule has 0 aromatic rings. The van der Waals surface area contributed by atoms with Gasteiger partial charge in [-0.2, -0.15) is 18.7 Å². The number of fused-ring (bicyclic) bond motifs is 2. The molecule has 3 aliphatic rings. The molecule has 3 heterocycles. The SMILES string of the molecule is O=C(CNC(=O)[C@@H]1CC[C@@H]2CN1C(=O)N2OC(F)(F)C(=O)O)[C@@H]1CCCNC1. The van der Waals surface area contributed by atoms with Crippen LogP contribution in [0.5, 0.6) is 0 Å². The number of nitrogens with one attached hydrogen (secondary N) is 2. The molecule has 12 heteroatoms. The van der Waals surface area contributed by atoms with Crippen molar-refractivity contribution in [2.75, 3.05) is 26.2 Å². The highest BCUT2D eigenvalue weighted by Gasteiger charge is 2.53. The van der Waals surface area contributed by atoms with Gasteiger partial charge in [0.2, 0.25) is 5.91 Å². The Balaban J connectivity index is 1.56. The number of rotatable bonds is 7. The molecular weight excluding hydrogens is 382 g/mol. The number of hydrogen-bond acceptors (Lipinski definition) is 6. The van der Waals surface area contributed by atoms with Crippen LogP contribution in [-0.2, 0) is 19.2 Å². The van der Waals surface area contributed by atoms with Crippen molar-refractivity contribution >= 4 is 23.7 Å². The van der Waals surface area contributed by atoms with E-state index in [0.29, 0.717) is 11.6 Å². The fourth-order valence-corrected chi connectivity index (χ4v) is 3.75. The van der Waals surface area contributed by atoms with E-state index in [4.69, 9.17) is 5.11 Å². The maximum Gasteiger partial charge on any atom is 0.476 e. The molecule has 3 aliphatic heterocycles. The molecule has 3 amide bonds. The van der Waals surface area contributed by atoms with Gasteiger partial charge >= 0.3 is 18.1 Å². The molecule has 156 valence electrons. The minimum absolute atomic E-state index is 0.0346. The quantitative estimate of drug-likeness (QED) is 0.524. The number of amides is 3. The number of hydroxylamine groups is 2. The summed E-state index contributed by atoms with van der Waals surface area (Å²) in [6, 6.07) is -2.68. The number of aliphatic carboxylic acids is 1. The number of hydrogen-bond donors (Lipinski definition) is 3. The van der Waals surface area contributed by atoms with Crippen molar-refractivity contribution in [3.63, 3.8) is 0 Å². The maximum atomic E-state index is 13.3. The number of Topliss-reactive ketones (excluding diaryl/α,β-unsaturated/α-hetero) is 1. The van der Waals surface area contributed by atoms with Gasteiger partial charge in [-0.15, -0.1) is 0 Å². The minimum atomic E-state index is -4.55. The van der Waals surface area contributed by atoms with Crippen molar-refractivity contribution in [2.45, 2.75) is 43.9 Å². The molecule has 3 fully saturated rings. The second-order valence-corrected chi connectivity index (χ2v) is 7.15. The Morgan fingerprint density at radius 3 is 2.68 bits per heavy atom. The van der Waals surface area contributed by atoms with Crippen molar-refractivity contribution < 1.29 is 37.9 Å². The van der Waals surface area contributed by atoms with Crippen LogP contribution in [0.2, 0.25) is 0 Å². The van der Waals surface area contributed by atoms with Crippen LogP contribution in [-0.4, -0.2) is 83.1 Å². The summed E-state index contributed by atoms with van der Waals surface area (Å²) in [6.07, 6.45) is -2.53. The normalized spacial score (nSPS) is 27.6. The minimum Gasteiger partial charge on any atom is -0.475 e. The number of carboxylic acid groups (broad SMARTS) is 1. The van der Waals surface area contributed by atoms with Crippen molar-refractivity contribution in [2.24, 2.45) is 5.92 Å². The predicted molar refractivity (Wildman–Crippen MR) is 88.0 cm³/mol. The zero-order chi connectivity index (χ0) is 20.5. The lowest BCUT2D eigenvalue weighted by Gasteiger charge is -2.29. The summed E-state index contributed by atoms with van der Waals surface area (Å²) in [7, 11) is 0. The van der Waals surface area contributed by atoms with Gasteiger partial charge in [0.15, 0.2) is 5.78 Å².